The van der Waals surface area contributed by atoms with E-state index in [4.69, 9.17) is 15.7 Å². The number of primary amides is 1. The molecule has 1 aliphatic heterocycles. The Hall–Kier alpha value is -3.95. The lowest BCUT2D eigenvalue weighted by molar-refractivity contribution is 0.204. The third-order valence-corrected chi connectivity index (χ3v) is 6.70. The van der Waals surface area contributed by atoms with Gasteiger partial charge in [-0.15, -0.1) is 0 Å². The van der Waals surface area contributed by atoms with Gasteiger partial charge in [0.1, 0.15) is 11.0 Å². The molecule has 1 saturated heterocycles. The number of nitrogens with one attached hydrogen (secondary N) is 1. The Kier molecular flexibility index (Phi) is 6.35. The van der Waals surface area contributed by atoms with E-state index < -0.39 is 0 Å². The SMILES string of the molecule is CCC(CC)n1ncc2nc(N3CCN(C(N)=O)CC3)nc(NCc3cnc4ccccc4c3)c21. The number of para-hydroxylation sites is 1. The van der Waals surface area contributed by atoms with E-state index in [1.165, 1.54) is 0 Å². The van der Waals surface area contributed by atoms with Crippen LogP contribution in [-0.2, 0) is 6.54 Å². The van der Waals surface area contributed by atoms with Gasteiger partial charge in [-0.3, -0.25) is 9.67 Å². The van der Waals surface area contributed by atoms with Gasteiger partial charge in [0.25, 0.3) is 0 Å². The highest BCUT2D eigenvalue weighted by atomic mass is 16.2. The van der Waals surface area contributed by atoms with Crippen LogP contribution in [0, 0.1) is 0 Å². The predicted molar refractivity (Wildman–Crippen MR) is 137 cm³/mol. The van der Waals surface area contributed by atoms with Gasteiger partial charge in [0, 0.05) is 44.3 Å². The van der Waals surface area contributed by atoms with Gasteiger partial charge in [0.2, 0.25) is 5.95 Å². The minimum atomic E-state index is -0.390. The highest BCUT2D eigenvalue weighted by Crippen LogP contribution is 2.29. The van der Waals surface area contributed by atoms with E-state index in [2.05, 4.69) is 46.3 Å². The molecule has 0 aliphatic carbocycles. The fourth-order valence-corrected chi connectivity index (χ4v) is 4.65. The number of benzene rings is 1. The molecule has 0 spiro atoms. The second-order valence-corrected chi connectivity index (χ2v) is 8.87. The van der Waals surface area contributed by atoms with Crippen LogP contribution in [0.25, 0.3) is 21.9 Å². The summed E-state index contributed by atoms with van der Waals surface area (Å²) < 4.78 is 2.05. The summed E-state index contributed by atoms with van der Waals surface area (Å²) in [6, 6.07) is 10.1. The first kappa shape index (κ1) is 22.8. The third kappa shape index (κ3) is 4.55. The topological polar surface area (TPSA) is 118 Å². The number of aromatic nitrogens is 5. The maximum atomic E-state index is 11.5. The maximum Gasteiger partial charge on any atom is 0.314 e. The first-order valence-electron chi connectivity index (χ1n) is 12.2. The monoisotopic (exact) mass is 473 g/mol. The van der Waals surface area contributed by atoms with Gasteiger partial charge in [-0.1, -0.05) is 32.0 Å². The summed E-state index contributed by atoms with van der Waals surface area (Å²) in [5.74, 6) is 1.38. The van der Waals surface area contributed by atoms with Gasteiger partial charge < -0.3 is 20.9 Å². The van der Waals surface area contributed by atoms with Crippen LogP contribution in [0.3, 0.4) is 0 Å². The number of urea groups is 1. The molecule has 4 heterocycles. The summed E-state index contributed by atoms with van der Waals surface area (Å²) >= 11 is 0. The zero-order chi connectivity index (χ0) is 24.4. The van der Waals surface area contributed by atoms with Crippen molar-refractivity contribution >= 4 is 39.7 Å². The van der Waals surface area contributed by atoms with Crippen LogP contribution < -0.4 is 16.0 Å². The van der Waals surface area contributed by atoms with E-state index in [0.717, 1.165) is 46.2 Å². The number of pyridine rings is 1. The van der Waals surface area contributed by atoms with Gasteiger partial charge in [-0.25, -0.2) is 9.78 Å². The van der Waals surface area contributed by atoms with Crippen LogP contribution in [-0.4, -0.2) is 61.8 Å². The smallest absolute Gasteiger partial charge is 0.314 e. The van der Waals surface area contributed by atoms with Gasteiger partial charge in [0.15, 0.2) is 5.82 Å². The molecule has 182 valence electrons. The Labute approximate surface area is 204 Å². The summed E-state index contributed by atoms with van der Waals surface area (Å²) in [7, 11) is 0. The number of rotatable bonds is 7. The number of anilines is 2. The fourth-order valence-electron chi connectivity index (χ4n) is 4.65. The Morgan fingerprint density at radius 3 is 2.57 bits per heavy atom. The molecular formula is C25H31N9O. The van der Waals surface area contributed by atoms with Crippen molar-refractivity contribution in [2.75, 3.05) is 36.4 Å². The standard InChI is InChI=1S/C25H31N9O/c1-3-19(4-2)34-22-21(16-29-34)30-25(33-11-9-32(10-12-33)24(26)35)31-23(22)28-15-17-13-18-7-5-6-8-20(18)27-14-17/h5-8,13-14,16,19H,3-4,9-12,15H2,1-2H3,(H2,26,35)(H,28,30,31). The summed E-state index contributed by atoms with van der Waals surface area (Å²) in [6.45, 7) is 7.27. The van der Waals surface area contributed by atoms with Crippen LogP contribution in [0.1, 0.15) is 38.3 Å². The molecule has 0 bridgehead atoms. The Morgan fingerprint density at radius 2 is 1.83 bits per heavy atom. The molecule has 0 saturated carbocycles. The first-order chi connectivity index (χ1) is 17.1. The highest BCUT2D eigenvalue weighted by Gasteiger charge is 2.24. The molecule has 4 aromatic rings. The van der Waals surface area contributed by atoms with Gasteiger partial charge in [-0.05, 0) is 30.5 Å². The molecule has 2 amide bonds. The molecule has 0 radical (unpaired) electrons. The molecular weight excluding hydrogens is 442 g/mol. The summed E-state index contributed by atoms with van der Waals surface area (Å²) in [6.07, 6.45) is 5.66. The Balaban J connectivity index is 1.48. The van der Waals surface area contributed by atoms with Gasteiger partial charge in [0.05, 0.1) is 17.8 Å². The summed E-state index contributed by atoms with van der Waals surface area (Å²) in [4.78, 5) is 29.6. The number of nitrogens with two attached hydrogens (primary N) is 1. The lowest BCUT2D eigenvalue weighted by Gasteiger charge is -2.33. The predicted octanol–water partition coefficient (Wildman–Crippen LogP) is 3.55. The number of amides is 2. The zero-order valence-corrected chi connectivity index (χ0v) is 20.2. The molecule has 0 atom stereocenters. The van der Waals surface area contributed by atoms with Crippen molar-refractivity contribution in [3.63, 3.8) is 0 Å². The molecule has 3 aromatic heterocycles. The Bertz CT molecular complexity index is 1340. The lowest BCUT2D eigenvalue weighted by atomic mass is 10.1. The second kappa shape index (κ2) is 9.73. The second-order valence-electron chi connectivity index (χ2n) is 8.87. The summed E-state index contributed by atoms with van der Waals surface area (Å²) in [5.41, 5.74) is 9.21. The molecule has 35 heavy (non-hydrogen) atoms. The quantitative estimate of drug-likeness (QED) is 0.421. The zero-order valence-electron chi connectivity index (χ0n) is 20.2. The van der Waals surface area contributed by atoms with E-state index in [9.17, 15) is 4.79 Å². The maximum absolute atomic E-state index is 11.5. The van der Waals surface area contributed by atoms with Crippen molar-refractivity contribution < 1.29 is 4.79 Å². The number of hydrogen-bond donors (Lipinski definition) is 2. The normalized spacial score (nSPS) is 14.3. The number of piperazine rings is 1. The van der Waals surface area contributed by atoms with Crippen molar-refractivity contribution in [1.82, 2.24) is 29.6 Å². The first-order valence-corrected chi connectivity index (χ1v) is 12.2. The number of nitrogens with zero attached hydrogens (tertiary/aromatic N) is 7. The van der Waals surface area contributed by atoms with E-state index in [0.29, 0.717) is 38.7 Å². The highest BCUT2D eigenvalue weighted by molar-refractivity contribution is 5.87. The summed E-state index contributed by atoms with van der Waals surface area (Å²) in [5, 5.41) is 9.34. The fraction of sp³-hybridized carbons (Fsp3) is 0.400. The van der Waals surface area contributed by atoms with Crippen LogP contribution in [0.2, 0.25) is 0 Å². The average molecular weight is 474 g/mol. The molecule has 10 nitrogen and oxygen atoms in total. The van der Waals surface area contributed by atoms with E-state index in [-0.39, 0.29) is 12.1 Å². The van der Waals surface area contributed by atoms with E-state index in [1.807, 2.05) is 35.3 Å². The van der Waals surface area contributed by atoms with Crippen molar-refractivity contribution in [3.05, 3.63) is 48.3 Å². The third-order valence-electron chi connectivity index (χ3n) is 6.70. The molecule has 0 unspecified atom stereocenters. The van der Waals surface area contributed by atoms with Gasteiger partial charge >= 0.3 is 6.03 Å². The van der Waals surface area contributed by atoms with Crippen molar-refractivity contribution in [2.45, 2.75) is 39.3 Å². The average Bonchev–Trinajstić information content (AvgIpc) is 3.32. The number of fused-ring (bicyclic) bond motifs is 2. The van der Waals surface area contributed by atoms with E-state index in [1.54, 1.807) is 4.90 Å². The molecule has 3 N–H and O–H groups in total. The Morgan fingerprint density at radius 1 is 1.06 bits per heavy atom. The van der Waals surface area contributed by atoms with Crippen LogP contribution >= 0.6 is 0 Å². The van der Waals surface area contributed by atoms with Crippen LogP contribution in [0.4, 0.5) is 16.6 Å². The molecule has 5 rings (SSSR count). The van der Waals surface area contributed by atoms with Crippen LogP contribution in [0.15, 0.2) is 42.7 Å². The van der Waals surface area contributed by atoms with Crippen LogP contribution in [0.5, 0.6) is 0 Å². The van der Waals surface area contributed by atoms with E-state index >= 15 is 0 Å². The molecule has 1 aromatic carbocycles. The van der Waals surface area contributed by atoms with Crippen molar-refractivity contribution in [1.29, 1.82) is 0 Å². The van der Waals surface area contributed by atoms with Crippen molar-refractivity contribution in [2.24, 2.45) is 5.73 Å². The molecule has 1 fully saturated rings. The minimum absolute atomic E-state index is 0.268. The lowest BCUT2D eigenvalue weighted by Crippen LogP contribution is -2.51. The number of hydrogen-bond acceptors (Lipinski definition) is 7. The molecule has 1 aliphatic rings. The number of carbonyl (C=O) groups is 1. The minimum Gasteiger partial charge on any atom is -0.364 e. The largest absolute Gasteiger partial charge is 0.364 e. The van der Waals surface area contributed by atoms with Crippen molar-refractivity contribution in [3.8, 4) is 0 Å². The number of carbonyl (C=O) groups excluding carboxylic acids is 1. The molecule has 10 heteroatoms. The van der Waals surface area contributed by atoms with Gasteiger partial charge in [-0.2, -0.15) is 10.1 Å².